The van der Waals surface area contributed by atoms with Crippen LogP contribution in [0.2, 0.25) is 0 Å². The second kappa shape index (κ2) is 14.9. The van der Waals surface area contributed by atoms with Crippen molar-refractivity contribution >= 4 is 23.2 Å². The number of benzene rings is 2. The first kappa shape index (κ1) is 40.5. The Morgan fingerprint density at radius 1 is 0.770 bits per heavy atom. The van der Waals surface area contributed by atoms with Gasteiger partial charge in [-0.3, -0.25) is 19.2 Å². The average molecular weight is 851 g/mol. The molecule has 2 aromatic heterocycles. The Morgan fingerprint density at radius 2 is 1.44 bits per heavy atom. The van der Waals surface area contributed by atoms with Gasteiger partial charge in [0.15, 0.2) is 11.6 Å². The third-order valence-corrected chi connectivity index (χ3v) is 12.9. The van der Waals surface area contributed by atoms with E-state index >= 15 is 8.78 Å². The summed E-state index contributed by atoms with van der Waals surface area (Å²) in [5.41, 5.74) is 0.757. The number of anilines is 2. The van der Waals surface area contributed by atoms with Gasteiger partial charge in [0.25, 0.3) is 11.1 Å². The Labute approximate surface area is 345 Å². The first-order valence-electron chi connectivity index (χ1n) is 20.2. The topological polar surface area (TPSA) is 91.1 Å². The number of aromatic nitrogens is 2. The normalized spacial score (nSPS) is 17.4. The third-order valence-electron chi connectivity index (χ3n) is 12.9. The molecule has 4 aliphatic heterocycles. The Bertz CT molecular complexity index is 2680. The van der Waals surface area contributed by atoms with Crippen molar-refractivity contribution in [2.75, 3.05) is 29.4 Å². The summed E-state index contributed by atoms with van der Waals surface area (Å²) in [6, 6.07) is 7.94. The van der Waals surface area contributed by atoms with Crippen LogP contribution in [0.15, 0.2) is 57.8 Å². The monoisotopic (exact) mass is 850 g/mol. The van der Waals surface area contributed by atoms with Crippen LogP contribution in [0.4, 0.5) is 42.1 Å². The van der Waals surface area contributed by atoms with Crippen molar-refractivity contribution in [1.82, 2.24) is 18.9 Å². The Balaban J connectivity index is 0.860. The lowest BCUT2D eigenvalue weighted by atomic mass is 9.94. The van der Waals surface area contributed by atoms with Crippen molar-refractivity contribution in [2.24, 2.45) is 13.0 Å². The van der Waals surface area contributed by atoms with Gasteiger partial charge in [-0.2, -0.15) is 13.2 Å². The van der Waals surface area contributed by atoms with Crippen LogP contribution in [0.25, 0.3) is 0 Å². The number of amides is 2. The summed E-state index contributed by atoms with van der Waals surface area (Å²) < 4.78 is 102. The number of hydrogen-bond acceptors (Lipinski definition) is 6. The zero-order valence-corrected chi connectivity index (χ0v) is 33.4. The van der Waals surface area contributed by atoms with Gasteiger partial charge in [0.05, 0.1) is 25.1 Å². The van der Waals surface area contributed by atoms with Crippen LogP contribution >= 0.6 is 0 Å². The molecule has 320 valence electrons. The smallest absolute Gasteiger partial charge is 0.371 e. The number of nitrogens with zero attached hydrogens (tertiary/aromatic N) is 6. The van der Waals surface area contributed by atoms with E-state index in [1.165, 1.54) is 40.6 Å². The van der Waals surface area contributed by atoms with Crippen LogP contribution in [0.5, 0.6) is 0 Å². The summed E-state index contributed by atoms with van der Waals surface area (Å²) in [6.07, 6.45) is -1.45. The fraction of sp³-hybridized carbons (Fsp3) is 0.409. The number of hydrogen-bond donors (Lipinski definition) is 0. The molecule has 0 radical (unpaired) electrons. The predicted octanol–water partition coefficient (Wildman–Crippen LogP) is 6.56. The first-order chi connectivity index (χ1) is 29.0. The van der Waals surface area contributed by atoms with E-state index in [2.05, 4.69) is 0 Å². The predicted molar refractivity (Wildman–Crippen MR) is 209 cm³/mol. The minimum Gasteiger partial charge on any atom is -0.371 e. The molecule has 10 nitrogen and oxygen atoms in total. The van der Waals surface area contributed by atoms with E-state index in [0.29, 0.717) is 53.2 Å². The largest absolute Gasteiger partial charge is 0.419 e. The molecular formula is C44H41F7N6O4. The van der Waals surface area contributed by atoms with Crippen LogP contribution in [0.3, 0.4) is 0 Å². The van der Waals surface area contributed by atoms with E-state index in [1.54, 1.807) is 11.0 Å². The molecule has 17 heteroatoms. The van der Waals surface area contributed by atoms with Crippen molar-refractivity contribution in [3.63, 3.8) is 0 Å². The molecule has 0 unspecified atom stereocenters. The molecule has 5 aliphatic rings. The fourth-order valence-electron chi connectivity index (χ4n) is 9.15. The Hall–Kier alpha value is -5.87. The zero-order chi connectivity index (χ0) is 43.2. The maximum Gasteiger partial charge on any atom is 0.419 e. The summed E-state index contributed by atoms with van der Waals surface area (Å²) in [4.78, 5) is 60.0. The highest BCUT2D eigenvalue weighted by molar-refractivity contribution is 5.81. The van der Waals surface area contributed by atoms with E-state index in [9.17, 15) is 41.1 Å². The molecule has 2 amide bonds. The number of pyridine rings is 2. The number of alkyl halides is 3. The van der Waals surface area contributed by atoms with Gasteiger partial charge in [-0.05, 0) is 90.3 Å². The summed E-state index contributed by atoms with van der Waals surface area (Å²) in [6.45, 7) is 2.58. The third kappa shape index (κ3) is 7.28. The van der Waals surface area contributed by atoms with Crippen LogP contribution in [-0.2, 0) is 62.0 Å². The molecule has 1 saturated heterocycles. The van der Waals surface area contributed by atoms with Crippen molar-refractivity contribution in [2.45, 2.75) is 83.8 Å². The molecule has 0 N–H and O–H groups in total. The van der Waals surface area contributed by atoms with E-state index < -0.39 is 40.3 Å². The summed E-state index contributed by atoms with van der Waals surface area (Å²) in [5, 5.41) is 0. The van der Waals surface area contributed by atoms with E-state index in [4.69, 9.17) is 0 Å². The van der Waals surface area contributed by atoms with Gasteiger partial charge in [-0.15, -0.1) is 0 Å². The maximum atomic E-state index is 15.8. The van der Waals surface area contributed by atoms with Crippen molar-refractivity contribution in [1.29, 1.82) is 0 Å². The number of carbonyl (C=O) groups is 2. The standard InChI is InChI=1S/C44H41F7N6O4/c1-23-31-19-55(38(58)11-25-17-54(18-25)28-5-7-29(26-3-4-26)35(46)14-28)22-37(31)57(43(61)40(23)47)10-9-30-32-20-56(21-36(32)52(2)42(60)41(30)48)39(59)12-24-15-53(16-24)27-6-8-34(45)33(13-27)44(49,50)51/h5-8,13-15,25-26H,3-4,9-12,16-22H2,1-2H3. The van der Waals surface area contributed by atoms with E-state index in [-0.39, 0.29) is 98.9 Å². The quantitative estimate of drug-likeness (QED) is 0.168. The molecule has 2 aromatic carbocycles. The van der Waals surface area contributed by atoms with Crippen LogP contribution < -0.4 is 20.9 Å². The van der Waals surface area contributed by atoms with Gasteiger partial charge in [-0.1, -0.05) is 6.07 Å². The Morgan fingerprint density at radius 3 is 2.13 bits per heavy atom. The minimum atomic E-state index is -4.88. The average Bonchev–Trinajstić information content (AvgIpc) is 3.76. The number of fused-ring (bicyclic) bond motifs is 2. The molecule has 0 bridgehead atoms. The van der Waals surface area contributed by atoms with Gasteiger partial charge >= 0.3 is 6.18 Å². The van der Waals surface area contributed by atoms with Crippen LogP contribution in [0, 0.1) is 36.1 Å². The lowest BCUT2D eigenvalue weighted by Gasteiger charge is -2.41. The second-order valence-corrected chi connectivity index (χ2v) is 16.9. The van der Waals surface area contributed by atoms with Crippen LogP contribution in [-0.4, -0.2) is 50.4 Å². The highest BCUT2D eigenvalue weighted by Gasteiger charge is 2.38. The highest BCUT2D eigenvalue weighted by atomic mass is 19.4. The van der Waals surface area contributed by atoms with Crippen molar-refractivity contribution in [3.8, 4) is 0 Å². The van der Waals surface area contributed by atoms with Crippen molar-refractivity contribution < 1.29 is 40.3 Å². The first-order valence-corrected chi connectivity index (χ1v) is 20.2. The molecule has 1 saturated carbocycles. The molecular weight excluding hydrogens is 810 g/mol. The maximum absolute atomic E-state index is 15.8. The van der Waals surface area contributed by atoms with E-state index in [0.717, 1.165) is 34.7 Å². The summed E-state index contributed by atoms with van der Waals surface area (Å²) in [5.74, 6) is -3.88. The van der Waals surface area contributed by atoms with Gasteiger partial charge in [0.2, 0.25) is 11.8 Å². The number of carbonyl (C=O) groups excluding carboxylic acids is 2. The number of halogens is 7. The lowest BCUT2D eigenvalue weighted by Crippen LogP contribution is -2.48. The van der Waals surface area contributed by atoms with Crippen molar-refractivity contribution in [3.05, 3.63) is 137 Å². The SMILES string of the molecule is Cc1c2c(n(CCc3c4c(n(C)c(=O)c3F)CN(C(=O)CC3=CN(c5ccc(F)c(C(F)(F)F)c5)C3)C4)c(=O)c1F)CN(C(=O)CC1CN(c3ccc(C4CC4)c(F)c3)C1)C2. The zero-order valence-electron chi connectivity index (χ0n) is 33.4. The fourth-order valence-corrected chi connectivity index (χ4v) is 9.15. The molecule has 9 rings (SSSR count). The molecule has 0 atom stereocenters. The van der Waals surface area contributed by atoms with E-state index in [1.807, 2.05) is 17.0 Å². The van der Waals surface area contributed by atoms with Crippen LogP contribution in [0.1, 0.15) is 76.4 Å². The Kier molecular flexibility index (Phi) is 9.93. The molecule has 1 aliphatic carbocycles. The molecule has 2 fully saturated rings. The lowest BCUT2D eigenvalue weighted by molar-refractivity contribution is -0.140. The molecule has 61 heavy (non-hydrogen) atoms. The summed E-state index contributed by atoms with van der Waals surface area (Å²) >= 11 is 0. The second-order valence-electron chi connectivity index (χ2n) is 16.9. The van der Waals surface area contributed by atoms with Gasteiger partial charge in [0, 0.05) is 93.2 Å². The van der Waals surface area contributed by atoms with Gasteiger partial charge in [0.1, 0.15) is 11.6 Å². The minimum absolute atomic E-state index is 0.0108. The highest BCUT2D eigenvalue weighted by Crippen LogP contribution is 2.43. The molecule has 6 heterocycles. The molecule has 0 spiro atoms. The number of rotatable bonds is 10. The molecule has 4 aromatic rings. The van der Waals surface area contributed by atoms with Gasteiger partial charge in [-0.25, -0.2) is 17.6 Å². The van der Waals surface area contributed by atoms with Gasteiger partial charge < -0.3 is 28.7 Å². The summed E-state index contributed by atoms with van der Waals surface area (Å²) in [7, 11) is 1.39.